The first-order valence-corrected chi connectivity index (χ1v) is 4.26. The van der Waals surface area contributed by atoms with Gasteiger partial charge in [-0.25, -0.2) is 0 Å². The first kappa shape index (κ1) is 7.83. The van der Waals surface area contributed by atoms with Crippen molar-refractivity contribution in [1.29, 1.82) is 0 Å². The molecule has 0 aromatic heterocycles. The Bertz CT molecular complexity index is 340. The molecule has 0 amide bonds. The van der Waals surface area contributed by atoms with Gasteiger partial charge >= 0.3 is 0 Å². The molecular weight excluding hydrogens is 194 g/mol. The van der Waals surface area contributed by atoms with Crippen LogP contribution in [0.5, 0.6) is 5.75 Å². The third-order valence-electron chi connectivity index (χ3n) is 1.58. The van der Waals surface area contributed by atoms with Crippen LogP contribution in [0.15, 0.2) is 18.2 Å². The Kier molecular flexibility index (Phi) is 1.90. The average Bonchev–Trinajstić information content (AvgIpc) is 2.05. The van der Waals surface area contributed by atoms with Crippen molar-refractivity contribution < 1.29 is 4.74 Å². The summed E-state index contributed by atoms with van der Waals surface area (Å²) < 4.78 is 5.33. The van der Waals surface area contributed by atoms with Crippen molar-refractivity contribution >= 4 is 34.5 Å². The van der Waals surface area contributed by atoms with Crippen LogP contribution in [-0.2, 0) is 0 Å². The van der Waals surface area contributed by atoms with Crippen molar-refractivity contribution in [3.05, 3.63) is 23.2 Å². The first-order valence-electron chi connectivity index (χ1n) is 3.48. The summed E-state index contributed by atoms with van der Waals surface area (Å²) in [7, 11) is 0. The monoisotopic (exact) mass is 199 g/mol. The van der Waals surface area contributed by atoms with Crippen LogP contribution in [0.2, 0.25) is 5.02 Å². The van der Waals surface area contributed by atoms with E-state index in [1.54, 1.807) is 12.1 Å². The van der Waals surface area contributed by atoms with E-state index < -0.39 is 0 Å². The number of ether oxygens (including phenoxy) is 1. The molecule has 0 fully saturated rings. The van der Waals surface area contributed by atoms with Gasteiger partial charge in [0, 0.05) is 11.1 Å². The smallest absolute Gasteiger partial charge is 0.144 e. The zero-order valence-corrected chi connectivity index (χ0v) is 7.71. The lowest BCUT2D eigenvalue weighted by molar-refractivity contribution is 0.375. The van der Waals surface area contributed by atoms with E-state index in [4.69, 9.17) is 28.6 Å². The van der Waals surface area contributed by atoms with Gasteiger partial charge in [-0.1, -0.05) is 23.8 Å². The molecule has 2 rings (SSSR count). The molecule has 1 aliphatic heterocycles. The average molecular weight is 200 g/mol. The number of benzene rings is 1. The van der Waals surface area contributed by atoms with Gasteiger partial charge in [0.1, 0.15) is 17.3 Å². The van der Waals surface area contributed by atoms with E-state index >= 15 is 0 Å². The van der Waals surface area contributed by atoms with Crippen molar-refractivity contribution in [2.75, 3.05) is 11.9 Å². The summed E-state index contributed by atoms with van der Waals surface area (Å²) in [6.07, 6.45) is 0. The molecule has 1 N–H and O–H groups in total. The summed E-state index contributed by atoms with van der Waals surface area (Å²) in [5, 5.41) is 3.70. The van der Waals surface area contributed by atoms with Crippen LogP contribution >= 0.6 is 23.8 Å². The maximum absolute atomic E-state index is 5.77. The molecule has 0 saturated heterocycles. The number of hydrogen-bond donors (Lipinski definition) is 1. The second-order valence-electron chi connectivity index (χ2n) is 2.48. The van der Waals surface area contributed by atoms with Gasteiger partial charge < -0.3 is 10.1 Å². The number of fused-ring (bicyclic) bond motifs is 1. The van der Waals surface area contributed by atoms with E-state index in [0.717, 1.165) is 11.4 Å². The molecule has 0 atom stereocenters. The number of thiocarbonyl (C=S) groups is 1. The van der Waals surface area contributed by atoms with Crippen LogP contribution in [0, 0.1) is 0 Å². The van der Waals surface area contributed by atoms with E-state index in [0.29, 0.717) is 16.6 Å². The molecule has 1 aromatic rings. The minimum absolute atomic E-state index is 0.433. The van der Waals surface area contributed by atoms with Gasteiger partial charge in [-0.15, -0.1) is 0 Å². The Balaban J connectivity index is 2.43. The highest BCUT2D eigenvalue weighted by Crippen LogP contribution is 2.30. The minimum atomic E-state index is 0.433. The van der Waals surface area contributed by atoms with Gasteiger partial charge in [-0.05, 0) is 12.1 Å². The van der Waals surface area contributed by atoms with Crippen LogP contribution < -0.4 is 10.1 Å². The van der Waals surface area contributed by atoms with Crippen molar-refractivity contribution in [3.8, 4) is 5.75 Å². The molecule has 1 heterocycles. The van der Waals surface area contributed by atoms with Crippen molar-refractivity contribution in [3.63, 3.8) is 0 Å². The van der Waals surface area contributed by atoms with Gasteiger partial charge in [0.2, 0.25) is 0 Å². The standard InChI is InChI=1S/C8H6ClNOS/c9-5-1-2-6-7(3-5)11-4-8(12)10-6/h1-3H,4H2,(H,10,12). The zero-order chi connectivity index (χ0) is 8.55. The highest BCUT2D eigenvalue weighted by molar-refractivity contribution is 7.80. The second-order valence-corrected chi connectivity index (χ2v) is 3.41. The van der Waals surface area contributed by atoms with E-state index in [1.165, 1.54) is 0 Å². The fraction of sp³-hybridized carbons (Fsp3) is 0.125. The maximum atomic E-state index is 5.77. The number of nitrogens with one attached hydrogen (secondary N) is 1. The molecule has 0 radical (unpaired) electrons. The Hall–Kier alpha value is -0.800. The first-order chi connectivity index (χ1) is 5.75. The fourth-order valence-corrected chi connectivity index (χ4v) is 1.38. The van der Waals surface area contributed by atoms with Gasteiger partial charge in [-0.2, -0.15) is 0 Å². The number of hydrogen-bond acceptors (Lipinski definition) is 2. The molecule has 0 bridgehead atoms. The summed E-state index contributed by atoms with van der Waals surface area (Å²) in [4.78, 5) is 0.699. The number of halogens is 1. The third-order valence-corrected chi connectivity index (χ3v) is 2.03. The molecule has 1 aliphatic rings. The summed E-state index contributed by atoms with van der Waals surface area (Å²) >= 11 is 10.7. The van der Waals surface area contributed by atoms with Crippen LogP contribution in [0.3, 0.4) is 0 Å². The molecular formula is C8H6ClNOS. The topological polar surface area (TPSA) is 21.3 Å². The molecule has 0 saturated carbocycles. The molecule has 2 nitrogen and oxygen atoms in total. The lowest BCUT2D eigenvalue weighted by atomic mass is 10.2. The summed E-state index contributed by atoms with van der Waals surface area (Å²) in [5.41, 5.74) is 0.885. The summed E-state index contributed by atoms with van der Waals surface area (Å²) in [6, 6.07) is 5.42. The predicted molar refractivity (Wildman–Crippen MR) is 53.2 cm³/mol. The Labute approximate surface area is 80.5 Å². The minimum Gasteiger partial charge on any atom is -0.484 e. The molecule has 0 unspecified atom stereocenters. The normalized spacial score (nSPS) is 14.6. The van der Waals surface area contributed by atoms with Gasteiger partial charge in [0.05, 0.1) is 5.69 Å². The van der Waals surface area contributed by atoms with E-state index in [-0.39, 0.29) is 0 Å². The highest BCUT2D eigenvalue weighted by Gasteiger charge is 2.12. The zero-order valence-electron chi connectivity index (χ0n) is 6.13. The van der Waals surface area contributed by atoms with Gasteiger partial charge in [0.15, 0.2) is 0 Å². The van der Waals surface area contributed by atoms with Crippen molar-refractivity contribution in [2.45, 2.75) is 0 Å². The summed E-state index contributed by atoms with van der Waals surface area (Å²) in [6.45, 7) is 0.433. The van der Waals surface area contributed by atoms with Gasteiger partial charge in [0.25, 0.3) is 0 Å². The van der Waals surface area contributed by atoms with Crippen molar-refractivity contribution in [1.82, 2.24) is 0 Å². The summed E-state index contributed by atoms with van der Waals surface area (Å²) in [5.74, 6) is 0.760. The third kappa shape index (κ3) is 1.38. The van der Waals surface area contributed by atoms with Crippen molar-refractivity contribution in [2.24, 2.45) is 0 Å². The molecule has 1 aromatic carbocycles. The Morgan fingerprint density at radius 2 is 2.33 bits per heavy atom. The maximum Gasteiger partial charge on any atom is 0.144 e. The number of rotatable bonds is 0. The number of anilines is 1. The molecule has 4 heteroatoms. The Morgan fingerprint density at radius 1 is 1.50 bits per heavy atom. The van der Waals surface area contributed by atoms with E-state index in [1.807, 2.05) is 6.07 Å². The van der Waals surface area contributed by atoms with Crippen LogP contribution in [0.1, 0.15) is 0 Å². The molecule has 0 aliphatic carbocycles. The van der Waals surface area contributed by atoms with Gasteiger partial charge in [-0.3, -0.25) is 0 Å². The predicted octanol–water partition coefficient (Wildman–Crippen LogP) is 2.47. The quantitative estimate of drug-likeness (QED) is 0.649. The molecule has 12 heavy (non-hydrogen) atoms. The lowest BCUT2D eigenvalue weighted by Gasteiger charge is -2.19. The molecule has 0 spiro atoms. The van der Waals surface area contributed by atoms with E-state index in [9.17, 15) is 0 Å². The molecule has 62 valence electrons. The fourth-order valence-electron chi connectivity index (χ4n) is 1.05. The van der Waals surface area contributed by atoms with E-state index in [2.05, 4.69) is 5.32 Å². The second kappa shape index (κ2) is 2.92. The highest BCUT2D eigenvalue weighted by atomic mass is 35.5. The SMILES string of the molecule is S=C1COc2cc(Cl)ccc2N1. The Morgan fingerprint density at radius 3 is 3.17 bits per heavy atom. The van der Waals surface area contributed by atoms with Crippen LogP contribution in [-0.4, -0.2) is 11.6 Å². The van der Waals surface area contributed by atoms with Crippen LogP contribution in [0.4, 0.5) is 5.69 Å². The van der Waals surface area contributed by atoms with Crippen LogP contribution in [0.25, 0.3) is 0 Å². The lowest BCUT2D eigenvalue weighted by Crippen LogP contribution is -2.23. The largest absolute Gasteiger partial charge is 0.484 e.